The Morgan fingerprint density at radius 3 is 2.18 bits per heavy atom. The Morgan fingerprint density at radius 1 is 1.05 bits per heavy atom. The van der Waals surface area contributed by atoms with Crippen LogP contribution < -0.4 is 11.1 Å². The van der Waals surface area contributed by atoms with Crippen molar-refractivity contribution >= 4 is 11.6 Å². The molecule has 0 radical (unpaired) electrons. The van der Waals surface area contributed by atoms with Crippen LogP contribution in [0.2, 0.25) is 0 Å². The largest absolute Gasteiger partial charge is 0.325 e. The summed E-state index contributed by atoms with van der Waals surface area (Å²) in [5.74, 6) is -0.160. The second kappa shape index (κ2) is 6.75. The smallest absolute Gasteiger partial charge is 0.241 e. The van der Waals surface area contributed by atoms with Crippen molar-refractivity contribution in [3.8, 4) is 0 Å². The van der Waals surface area contributed by atoms with Gasteiger partial charge >= 0.3 is 0 Å². The Bertz CT molecular complexity index is 612. The van der Waals surface area contributed by atoms with Gasteiger partial charge in [0, 0.05) is 5.69 Å². The van der Waals surface area contributed by atoms with E-state index in [4.69, 9.17) is 5.73 Å². The molecule has 116 valence electrons. The number of benzene rings is 2. The number of nitrogens with one attached hydrogen (secondary N) is 1. The Kier molecular flexibility index (Phi) is 4.99. The van der Waals surface area contributed by atoms with Crippen molar-refractivity contribution < 1.29 is 4.79 Å². The van der Waals surface area contributed by atoms with Crippen LogP contribution in [0, 0.1) is 0 Å². The van der Waals surface area contributed by atoms with E-state index in [1.54, 1.807) is 0 Å². The van der Waals surface area contributed by atoms with E-state index in [0.29, 0.717) is 6.42 Å². The van der Waals surface area contributed by atoms with Crippen LogP contribution in [0.1, 0.15) is 31.9 Å². The molecule has 3 heteroatoms. The minimum absolute atomic E-state index is 0.103. The first-order valence-corrected chi connectivity index (χ1v) is 7.57. The first kappa shape index (κ1) is 16.2. The van der Waals surface area contributed by atoms with Crippen molar-refractivity contribution in [3.63, 3.8) is 0 Å². The second-order valence-corrected chi connectivity index (χ2v) is 6.61. The molecule has 0 aromatic heterocycles. The number of nitrogens with two attached hydrogens (primary N) is 1. The van der Waals surface area contributed by atoms with Crippen molar-refractivity contribution in [2.75, 3.05) is 5.32 Å². The number of hydrogen-bond donors (Lipinski definition) is 2. The van der Waals surface area contributed by atoms with Gasteiger partial charge in [0.2, 0.25) is 5.91 Å². The maximum atomic E-state index is 12.2. The number of rotatable bonds is 4. The number of hydrogen-bond acceptors (Lipinski definition) is 2. The maximum Gasteiger partial charge on any atom is 0.241 e. The van der Waals surface area contributed by atoms with Crippen molar-refractivity contribution in [3.05, 3.63) is 65.7 Å². The lowest BCUT2D eigenvalue weighted by molar-refractivity contribution is -0.117. The van der Waals surface area contributed by atoms with E-state index in [1.807, 2.05) is 54.6 Å². The van der Waals surface area contributed by atoms with Crippen molar-refractivity contribution in [2.24, 2.45) is 5.73 Å². The highest BCUT2D eigenvalue weighted by Gasteiger charge is 2.16. The number of carbonyl (C=O) groups excluding carboxylic acids is 1. The van der Waals surface area contributed by atoms with E-state index in [-0.39, 0.29) is 11.3 Å². The highest BCUT2D eigenvalue weighted by atomic mass is 16.2. The maximum absolute atomic E-state index is 12.2. The van der Waals surface area contributed by atoms with Crippen LogP contribution in [-0.4, -0.2) is 11.9 Å². The molecule has 1 amide bonds. The quantitative estimate of drug-likeness (QED) is 0.907. The predicted octanol–water partition coefficient (Wildman–Crippen LogP) is 3.49. The number of anilines is 1. The number of amides is 1. The standard InChI is InChI=1S/C19H24N2O/c1-19(2,3)15-9-11-16(12-10-15)21-18(22)17(20)13-14-7-5-4-6-8-14/h4-12,17H,13,20H2,1-3H3,(H,21,22)/t17-/m0/s1. The molecule has 0 aliphatic heterocycles. The lowest BCUT2D eigenvalue weighted by Crippen LogP contribution is -2.37. The van der Waals surface area contributed by atoms with Crippen LogP contribution in [0.25, 0.3) is 0 Å². The molecule has 2 aromatic carbocycles. The first-order chi connectivity index (χ1) is 10.4. The monoisotopic (exact) mass is 296 g/mol. The van der Waals surface area contributed by atoms with E-state index >= 15 is 0 Å². The van der Waals surface area contributed by atoms with Gasteiger partial charge in [0.05, 0.1) is 6.04 Å². The average molecular weight is 296 g/mol. The summed E-state index contributed by atoms with van der Waals surface area (Å²) in [6.07, 6.45) is 0.534. The van der Waals surface area contributed by atoms with Gasteiger partial charge in [-0.25, -0.2) is 0 Å². The summed E-state index contributed by atoms with van der Waals surface area (Å²) in [4.78, 5) is 12.2. The van der Waals surface area contributed by atoms with Gasteiger partial charge in [0.1, 0.15) is 0 Å². The van der Waals surface area contributed by atoms with Crippen LogP contribution in [0.3, 0.4) is 0 Å². The summed E-state index contributed by atoms with van der Waals surface area (Å²) in [6, 6.07) is 17.2. The molecule has 0 saturated carbocycles. The molecule has 0 heterocycles. The topological polar surface area (TPSA) is 55.1 Å². The van der Waals surface area contributed by atoms with Crippen molar-refractivity contribution in [2.45, 2.75) is 38.6 Å². The van der Waals surface area contributed by atoms with E-state index in [9.17, 15) is 4.79 Å². The Hall–Kier alpha value is -2.13. The first-order valence-electron chi connectivity index (χ1n) is 7.57. The molecule has 2 aromatic rings. The summed E-state index contributed by atoms with van der Waals surface area (Å²) < 4.78 is 0. The van der Waals surface area contributed by atoms with E-state index in [1.165, 1.54) is 5.56 Å². The predicted molar refractivity (Wildman–Crippen MR) is 91.9 cm³/mol. The van der Waals surface area contributed by atoms with Gasteiger partial charge < -0.3 is 11.1 Å². The van der Waals surface area contributed by atoms with E-state index in [2.05, 4.69) is 26.1 Å². The Morgan fingerprint density at radius 2 is 1.64 bits per heavy atom. The SMILES string of the molecule is CC(C)(C)c1ccc(NC(=O)[C@@H](N)Cc2ccccc2)cc1. The fraction of sp³-hybridized carbons (Fsp3) is 0.316. The minimum atomic E-state index is -0.551. The van der Waals surface area contributed by atoms with Crippen LogP contribution >= 0.6 is 0 Å². The van der Waals surface area contributed by atoms with Gasteiger partial charge in [-0.3, -0.25) is 4.79 Å². The molecule has 3 N–H and O–H groups in total. The summed E-state index contributed by atoms with van der Waals surface area (Å²) in [5, 5.41) is 2.88. The van der Waals surface area contributed by atoms with E-state index in [0.717, 1.165) is 11.3 Å². The zero-order valence-electron chi connectivity index (χ0n) is 13.5. The third-order valence-electron chi connectivity index (χ3n) is 3.65. The van der Waals surface area contributed by atoms with Gasteiger partial charge in [-0.05, 0) is 35.1 Å². The summed E-state index contributed by atoms with van der Waals surface area (Å²) in [7, 11) is 0. The van der Waals surface area contributed by atoms with Crippen molar-refractivity contribution in [1.82, 2.24) is 0 Å². The minimum Gasteiger partial charge on any atom is -0.325 e. The van der Waals surface area contributed by atoms with Gasteiger partial charge in [-0.15, -0.1) is 0 Å². The molecule has 0 aliphatic rings. The zero-order chi connectivity index (χ0) is 16.2. The molecule has 0 saturated heterocycles. The molecule has 0 aliphatic carbocycles. The fourth-order valence-electron chi connectivity index (χ4n) is 2.25. The van der Waals surface area contributed by atoms with E-state index < -0.39 is 6.04 Å². The van der Waals surface area contributed by atoms with Gasteiger partial charge in [0.25, 0.3) is 0 Å². The molecular weight excluding hydrogens is 272 g/mol. The molecule has 0 bridgehead atoms. The van der Waals surface area contributed by atoms with Crippen molar-refractivity contribution in [1.29, 1.82) is 0 Å². The highest BCUT2D eigenvalue weighted by molar-refractivity contribution is 5.94. The van der Waals surface area contributed by atoms with Gasteiger partial charge in [-0.1, -0.05) is 63.2 Å². The summed E-state index contributed by atoms with van der Waals surface area (Å²) >= 11 is 0. The van der Waals surface area contributed by atoms with Crippen LogP contribution in [0.5, 0.6) is 0 Å². The molecule has 3 nitrogen and oxygen atoms in total. The Balaban J connectivity index is 1.96. The molecule has 22 heavy (non-hydrogen) atoms. The highest BCUT2D eigenvalue weighted by Crippen LogP contribution is 2.23. The normalized spacial score (nSPS) is 12.7. The van der Waals surface area contributed by atoms with Crippen LogP contribution in [0.15, 0.2) is 54.6 Å². The molecule has 1 atom stereocenters. The lowest BCUT2D eigenvalue weighted by Gasteiger charge is -2.19. The zero-order valence-corrected chi connectivity index (χ0v) is 13.5. The summed E-state index contributed by atoms with van der Waals surface area (Å²) in [6.45, 7) is 6.49. The summed E-state index contributed by atoms with van der Waals surface area (Å²) in [5.41, 5.74) is 9.17. The fourth-order valence-corrected chi connectivity index (χ4v) is 2.25. The number of carbonyl (C=O) groups is 1. The molecular formula is C19H24N2O. The second-order valence-electron chi connectivity index (χ2n) is 6.61. The van der Waals surface area contributed by atoms with Crippen LogP contribution in [-0.2, 0) is 16.6 Å². The lowest BCUT2D eigenvalue weighted by atomic mass is 9.87. The van der Waals surface area contributed by atoms with Gasteiger partial charge in [0.15, 0.2) is 0 Å². The molecule has 0 spiro atoms. The average Bonchev–Trinajstić information content (AvgIpc) is 2.48. The third kappa shape index (κ3) is 4.43. The molecule has 2 rings (SSSR count). The molecule has 0 fully saturated rings. The third-order valence-corrected chi connectivity index (χ3v) is 3.65. The van der Waals surface area contributed by atoms with Gasteiger partial charge in [-0.2, -0.15) is 0 Å². The van der Waals surface area contributed by atoms with Crippen LogP contribution in [0.4, 0.5) is 5.69 Å². The Labute approximate surface area is 132 Å². The molecule has 0 unspecified atom stereocenters.